The maximum atomic E-state index is 6.15. The predicted octanol–water partition coefficient (Wildman–Crippen LogP) is 2.19. The number of halogens is 1. The molecule has 1 aliphatic heterocycles. The van der Waals surface area contributed by atoms with Crippen LogP contribution in [-0.2, 0) is 11.3 Å². The summed E-state index contributed by atoms with van der Waals surface area (Å²) in [5.74, 6) is 1.45. The van der Waals surface area contributed by atoms with Crippen LogP contribution in [0, 0.1) is 0 Å². The number of hydrogen-bond donors (Lipinski definition) is 0. The third-order valence-corrected chi connectivity index (χ3v) is 3.35. The van der Waals surface area contributed by atoms with E-state index in [0.717, 1.165) is 44.2 Å². The van der Waals surface area contributed by atoms with Crippen molar-refractivity contribution in [1.29, 1.82) is 0 Å². The van der Waals surface area contributed by atoms with Crippen molar-refractivity contribution in [2.24, 2.45) is 0 Å². The first-order valence-corrected chi connectivity index (χ1v) is 6.33. The number of hydrogen-bond acceptors (Lipinski definition) is 4. The first-order chi connectivity index (χ1) is 8.74. The second-order valence-corrected chi connectivity index (χ2v) is 4.59. The summed E-state index contributed by atoms with van der Waals surface area (Å²) in [6.45, 7) is 4.26. The molecule has 1 aliphatic rings. The zero-order chi connectivity index (χ0) is 13.0. The van der Waals surface area contributed by atoms with Gasteiger partial charge in [-0.25, -0.2) is 0 Å². The number of ether oxygens (including phenoxy) is 3. The minimum absolute atomic E-state index is 0.613. The third kappa shape index (κ3) is 3.07. The van der Waals surface area contributed by atoms with Crippen LogP contribution in [0.4, 0.5) is 0 Å². The SMILES string of the molecule is COc1cc(OC)c(CN2CCOCC2)cc1Cl. The Hall–Kier alpha value is -0.970. The quantitative estimate of drug-likeness (QED) is 0.840. The van der Waals surface area contributed by atoms with Crippen molar-refractivity contribution in [3.8, 4) is 11.5 Å². The van der Waals surface area contributed by atoms with E-state index in [-0.39, 0.29) is 0 Å². The Labute approximate surface area is 112 Å². The van der Waals surface area contributed by atoms with Gasteiger partial charge >= 0.3 is 0 Å². The largest absolute Gasteiger partial charge is 0.496 e. The molecule has 0 saturated carbocycles. The Morgan fingerprint density at radius 2 is 1.83 bits per heavy atom. The van der Waals surface area contributed by atoms with E-state index in [9.17, 15) is 0 Å². The highest BCUT2D eigenvalue weighted by Gasteiger charge is 2.15. The van der Waals surface area contributed by atoms with Gasteiger partial charge in [-0.15, -0.1) is 0 Å². The van der Waals surface area contributed by atoms with Crippen LogP contribution in [0.15, 0.2) is 12.1 Å². The number of rotatable bonds is 4. The molecule has 0 unspecified atom stereocenters. The van der Waals surface area contributed by atoms with Crippen LogP contribution in [0.1, 0.15) is 5.56 Å². The molecule has 0 amide bonds. The molecule has 0 aliphatic carbocycles. The van der Waals surface area contributed by atoms with Gasteiger partial charge in [0.15, 0.2) is 0 Å². The molecule has 0 spiro atoms. The molecule has 100 valence electrons. The Kier molecular flexibility index (Phi) is 4.69. The van der Waals surface area contributed by atoms with E-state index < -0.39 is 0 Å². The number of morpholine rings is 1. The minimum atomic E-state index is 0.613. The van der Waals surface area contributed by atoms with Gasteiger partial charge in [-0.3, -0.25) is 4.90 Å². The van der Waals surface area contributed by atoms with Crippen molar-refractivity contribution in [2.75, 3.05) is 40.5 Å². The molecule has 0 N–H and O–H groups in total. The van der Waals surface area contributed by atoms with Crippen LogP contribution >= 0.6 is 11.6 Å². The summed E-state index contributed by atoms with van der Waals surface area (Å²) in [6, 6.07) is 3.74. The highest BCUT2D eigenvalue weighted by atomic mass is 35.5. The van der Waals surface area contributed by atoms with Crippen molar-refractivity contribution in [2.45, 2.75) is 6.54 Å². The molecule has 4 nitrogen and oxygen atoms in total. The second-order valence-electron chi connectivity index (χ2n) is 4.19. The molecule has 1 heterocycles. The van der Waals surface area contributed by atoms with Crippen molar-refractivity contribution in [1.82, 2.24) is 4.90 Å². The summed E-state index contributed by atoms with van der Waals surface area (Å²) >= 11 is 6.15. The van der Waals surface area contributed by atoms with Gasteiger partial charge in [-0.2, -0.15) is 0 Å². The van der Waals surface area contributed by atoms with E-state index >= 15 is 0 Å². The molecule has 18 heavy (non-hydrogen) atoms. The first kappa shape index (κ1) is 13.5. The van der Waals surface area contributed by atoms with Crippen LogP contribution in [0.25, 0.3) is 0 Å². The van der Waals surface area contributed by atoms with E-state index in [0.29, 0.717) is 10.8 Å². The van der Waals surface area contributed by atoms with Gasteiger partial charge in [-0.05, 0) is 6.07 Å². The topological polar surface area (TPSA) is 30.9 Å². The van der Waals surface area contributed by atoms with Gasteiger partial charge in [0.05, 0.1) is 32.5 Å². The Morgan fingerprint density at radius 3 is 2.44 bits per heavy atom. The monoisotopic (exact) mass is 271 g/mol. The summed E-state index contributed by atoms with van der Waals surface area (Å²) in [5.41, 5.74) is 1.07. The van der Waals surface area contributed by atoms with Gasteiger partial charge in [0.1, 0.15) is 11.5 Å². The van der Waals surface area contributed by atoms with Gasteiger partial charge in [0, 0.05) is 31.3 Å². The van der Waals surface area contributed by atoms with E-state index in [1.807, 2.05) is 12.1 Å². The van der Waals surface area contributed by atoms with Gasteiger partial charge in [0.2, 0.25) is 0 Å². The van der Waals surface area contributed by atoms with E-state index in [1.54, 1.807) is 14.2 Å². The van der Waals surface area contributed by atoms with E-state index in [4.69, 9.17) is 25.8 Å². The van der Waals surface area contributed by atoms with Crippen molar-refractivity contribution in [3.63, 3.8) is 0 Å². The molecule has 1 fully saturated rings. The van der Waals surface area contributed by atoms with Gasteiger partial charge in [-0.1, -0.05) is 11.6 Å². The van der Waals surface area contributed by atoms with Gasteiger partial charge < -0.3 is 14.2 Å². The van der Waals surface area contributed by atoms with Gasteiger partial charge in [0.25, 0.3) is 0 Å². The molecule has 0 bridgehead atoms. The van der Waals surface area contributed by atoms with E-state index in [2.05, 4.69) is 4.90 Å². The normalized spacial score (nSPS) is 16.6. The van der Waals surface area contributed by atoms with Crippen LogP contribution in [0.2, 0.25) is 5.02 Å². The summed E-state index contributed by atoms with van der Waals surface area (Å²) in [5, 5.41) is 0.613. The maximum Gasteiger partial charge on any atom is 0.141 e. The minimum Gasteiger partial charge on any atom is -0.496 e. The highest BCUT2D eigenvalue weighted by Crippen LogP contribution is 2.33. The van der Waals surface area contributed by atoms with Crippen molar-refractivity contribution >= 4 is 11.6 Å². The molecular formula is C13H18ClNO3. The lowest BCUT2D eigenvalue weighted by molar-refractivity contribution is 0.0339. The number of benzene rings is 1. The molecule has 0 radical (unpaired) electrons. The molecule has 2 rings (SSSR count). The lowest BCUT2D eigenvalue weighted by Crippen LogP contribution is -2.35. The zero-order valence-corrected chi connectivity index (χ0v) is 11.5. The lowest BCUT2D eigenvalue weighted by Gasteiger charge is -2.27. The average molecular weight is 272 g/mol. The second kappa shape index (κ2) is 6.27. The fraction of sp³-hybridized carbons (Fsp3) is 0.538. The van der Waals surface area contributed by atoms with Crippen LogP contribution in [0.3, 0.4) is 0 Å². The molecular weight excluding hydrogens is 254 g/mol. The number of methoxy groups -OCH3 is 2. The summed E-state index contributed by atoms with van der Waals surface area (Å²) in [4.78, 5) is 2.32. The number of nitrogens with zero attached hydrogens (tertiary/aromatic N) is 1. The van der Waals surface area contributed by atoms with Crippen LogP contribution < -0.4 is 9.47 Å². The first-order valence-electron chi connectivity index (χ1n) is 5.95. The highest BCUT2D eigenvalue weighted by molar-refractivity contribution is 6.32. The fourth-order valence-corrected chi connectivity index (χ4v) is 2.31. The van der Waals surface area contributed by atoms with Crippen LogP contribution in [0.5, 0.6) is 11.5 Å². The zero-order valence-electron chi connectivity index (χ0n) is 10.7. The standard InChI is InChI=1S/C13H18ClNO3/c1-16-12-8-13(17-2)11(14)7-10(12)9-15-3-5-18-6-4-15/h7-8H,3-6,9H2,1-2H3. The van der Waals surface area contributed by atoms with Crippen LogP contribution in [-0.4, -0.2) is 45.4 Å². The summed E-state index contributed by atoms with van der Waals surface area (Å²) < 4.78 is 15.9. The molecule has 0 atom stereocenters. The fourth-order valence-electron chi connectivity index (χ4n) is 2.05. The molecule has 1 aromatic carbocycles. The predicted molar refractivity (Wildman–Crippen MR) is 70.7 cm³/mol. The maximum absolute atomic E-state index is 6.15. The molecule has 1 saturated heterocycles. The Morgan fingerprint density at radius 1 is 1.17 bits per heavy atom. The van der Waals surface area contributed by atoms with Crippen molar-refractivity contribution in [3.05, 3.63) is 22.7 Å². The Balaban J connectivity index is 2.17. The smallest absolute Gasteiger partial charge is 0.141 e. The van der Waals surface area contributed by atoms with Crippen molar-refractivity contribution < 1.29 is 14.2 Å². The van der Waals surface area contributed by atoms with E-state index in [1.165, 1.54) is 0 Å². The molecule has 5 heteroatoms. The Bertz CT molecular complexity index is 405. The average Bonchev–Trinajstić information content (AvgIpc) is 2.40. The summed E-state index contributed by atoms with van der Waals surface area (Å²) in [7, 11) is 3.26. The molecule has 1 aromatic rings. The third-order valence-electron chi connectivity index (χ3n) is 3.05. The summed E-state index contributed by atoms with van der Waals surface area (Å²) in [6.07, 6.45) is 0. The lowest BCUT2D eigenvalue weighted by atomic mass is 10.1. The molecule has 0 aromatic heterocycles.